The number of halogens is 1. The van der Waals surface area contributed by atoms with Crippen molar-refractivity contribution >= 4 is 25.6 Å². The number of hydrogen-bond donors (Lipinski definition) is 0. The lowest BCUT2D eigenvalue weighted by Crippen LogP contribution is -2.42. The molecule has 1 amide bonds. The molecule has 2 rings (SSSR count). The molecule has 2 heterocycles. The Balaban J connectivity index is 2.31. The fraction of sp³-hybridized carbons (Fsp3) is 0.583. The van der Waals surface area contributed by atoms with Crippen LogP contribution in [0.4, 0.5) is 0 Å². The summed E-state index contributed by atoms with van der Waals surface area (Å²) in [7, 11) is 3.14. The summed E-state index contributed by atoms with van der Waals surface area (Å²) < 4.78 is 24.1. The molecular weight excluding hydrogens is 288 g/mol. The molecule has 19 heavy (non-hydrogen) atoms. The lowest BCUT2D eigenvalue weighted by atomic mass is 10.0. The molecule has 1 fully saturated rings. The zero-order valence-corrected chi connectivity index (χ0v) is 12.5. The van der Waals surface area contributed by atoms with Crippen LogP contribution in [0.1, 0.15) is 36.7 Å². The van der Waals surface area contributed by atoms with E-state index in [1.165, 1.54) is 16.8 Å². The van der Waals surface area contributed by atoms with Crippen LogP contribution in [0, 0.1) is 0 Å². The Morgan fingerprint density at radius 2 is 2.11 bits per heavy atom. The number of likely N-dealkylation sites (tertiary alicyclic amines) is 1. The van der Waals surface area contributed by atoms with Crippen LogP contribution in [-0.2, 0) is 16.1 Å². The molecule has 0 radical (unpaired) electrons. The molecule has 0 bridgehead atoms. The van der Waals surface area contributed by atoms with Gasteiger partial charge in [0, 0.05) is 36.5 Å². The largest absolute Gasteiger partial charge is 0.345 e. The Morgan fingerprint density at radius 3 is 2.63 bits per heavy atom. The summed E-state index contributed by atoms with van der Waals surface area (Å²) in [5.74, 6) is -0.138. The number of aromatic nitrogens is 1. The van der Waals surface area contributed by atoms with Crippen molar-refractivity contribution in [3.8, 4) is 0 Å². The monoisotopic (exact) mass is 304 g/mol. The highest BCUT2D eigenvalue weighted by Gasteiger charge is 2.27. The fourth-order valence-electron chi connectivity index (χ4n) is 2.43. The Labute approximate surface area is 117 Å². The van der Waals surface area contributed by atoms with Crippen LogP contribution in [0.15, 0.2) is 17.2 Å². The third-order valence-corrected chi connectivity index (χ3v) is 4.87. The van der Waals surface area contributed by atoms with Crippen molar-refractivity contribution in [3.63, 3.8) is 0 Å². The normalized spacial score (nSPS) is 20.6. The lowest BCUT2D eigenvalue weighted by Gasteiger charge is -2.33. The van der Waals surface area contributed by atoms with Crippen LogP contribution < -0.4 is 0 Å². The minimum absolute atomic E-state index is 0.0373. The Morgan fingerprint density at radius 1 is 1.42 bits per heavy atom. The Bertz CT molecular complexity index is 594. The molecule has 1 atom stereocenters. The SMILES string of the molecule is CC1CCCCN1C(=O)c1cc(S(=O)(=O)Cl)cn1C. The zero-order chi connectivity index (χ0) is 14.2. The molecule has 0 aromatic carbocycles. The van der Waals surface area contributed by atoms with E-state index in [2.05, 4.69) is 0 Å². The number of carbonyl (C=O) groups excluding carboxylic acids is 1. The molecule has 0 saturated carbocycles. The molecule has 1 aliphatic rings. The molecular formula is C12H17ClN2O3S. The van der Waals surface area contributed by atoms with Crippen molar-refractivity contribution in [2.45, 2.75) is 37.1 Å². The van der Waals surface area contributed by atoms with Gasteiger partial charge in [-0.05, 0) is 32.3 Å². The van der Waals surface area contributed by atoms with Gasteiger partial charge in [0.2, 0.25) is 0 Å². The van der Waals surface area contributed by atoms with Crippen LogP contribution in [0.5, 0.6) is 0 Å². The summed E-state index contributed by atoms with van der Waals surface area (Å²) in [6.07, 6.45) is 4.46. The van der Waals surface area contributed by atoms with Gasteiger partial charge in [0.15, 0.2) is 0 Å². The zero-order valence-electron chi connectivity index (χ0n) is 11.0. The minimum Gasteiger partial charge on any atom is -0.345 e. The first-order chi connectivity index (χ1) is 8.80. The second-order valence-corrected chi connectivity index (χ2v) is 7.52. The predicted molar refractivity (Wildman–Crippen MR) is 72.8 cm³/mol. The maximum Gasteiger partial charge on any atom is 0.270 e. The molecule has 1 saturated heterocycles. The van der Waals surface area contributed by atoms with Gasteiger partial charge in [0.05, 0.1) is 0 Å². The summed E-state index contributed by atoms with van der Waals surface area (Å²) in [6.45, 7) is 2.73. The Kier molecular flexibility index (Phi) is 3.92. The summed E-state index contributed by atoms with van der Waals surface area (Å²) in [4.78, 5) is 14.2. The third kappa shape index (κ3) is 2.95. The molecule has 1 aliphatic heterocycles. The van der Waals surface area contributed by atoms with Crippen LogP contribution in [0.25, 0.3) is 0 Å². The highest BCUT2D eigenvalue weighted by atomic mass is 35.7. The van der Waals surface area contributed by atoms with E-state index in [0.717, 1.165) is 19.3 Å². The third-order valence-electron chi connectivity index (χ3n) is 3.54. The quantitative estimate of drug-likeness (QED) is 0.785. The number of hydrogen-bond acceptors (Lipinski definition) is 3. The summed E-state index contributed by atoms with van der Waals surface area (Å²) in [5.41, 5.74) is 0.355. The minimum atomic E-state index is -3.80. The van der Waals surface area contributed by atoms with Gasteiger partial charge >= 0.3 is 0 Å². The van der Waals surface area contributed by atoms with Crippen molar-refractivity contribution in [1.82, 2.24) is 9.47 Å². The van der Waals surface area contributed by atoms with Crippen LogP contribution in [-0.4, -0.2) is 36.4 Å². The van der Waals surface area contributed by atoms with Crippen molar-refractivity contribution in [2.24, 2.45) is 7.05 Å². The maximum absolute atomic E-state index is 12.4. The van der Waals surface area contributed by atoms with E-state index in [-0.39, 0.29) is 16.8 Å². The first kappa shape index (κ1) is 14.4. The van der Waals surface area contributed by atoms with Crippen LogP contribution in [0.2, 0.25) is 0 Å². The standard InChI is InChI=1S/C12H17ClN2O3S/c1-9-5-3-4-6-15(9)12(16)11-7-10(8-14(11)2)19(13,17)18/h7-9H,3-6H2,1-2H3. The number of nitrogens with zero attached hydrogens (tertiary/aromatic N) is 2. The topological polar surface area (TPSA) is 59.4 Å². The molecule has 106 valence electrons. The number of carbonyl (C=O) groups is 1. The first-order valence-electron chi connectivity index (χ1n) is 6.22. The number of rotatable bonds is 2. The smallest absolute Gasteiger partial charge is 0.270 e. The van der Waals surface area contributed by atoms with E-state index < -0.39 is 9.05 Å². The molecule has 1 aromatic rings. The summed E-state index contributed by atoms with van der Waals surface area (Å²) >= 11 is 0. The van der Waals surface area contributed by atoms with E-state index in [4.69, 9.17) is 10.7 Å². The van der Waals surface area contributed by atoms with Gasteiger partial charge in [-0.1, -0.05) is 0 Å². The number of amides is 1. The van der Waals surface area contributed by atoms with E-state index >= 15 is 0 Å². The lowest BCUT2D eigenvalue weighted by molar-refractivity contribution is 0.0625. The fourth-order valence-corrected chi connectivity index (χ4v) is 3.22. The average Bonchev–Trinajstić information content (AvgIpc) is 2.71. The van der Waals surface area contributed by atoms with Gasteiger partial charge in [-0.15, -0.1) is 0 Å². The van der Waals surface area contributed by atoms with E-state index in [1.807, 2.05) is 6.92 Å². The van der Waals surface area contributed by atoms with Gasteiger partial charge in [-0.3, -0.25) is 4.79 Å². The van der Waals surface area contributed by atoms with Gasteiger partial charge in [0.1, 0.15) is 10.6 Å². The van der Waals surface area contributed by atoms with E-state index in [9.17, 15) is 13.2 Å². The molecule has 1 aromatic heterocycles. The second kappa shape index (κ2) is 5.17. The molecule has 0 N–H and O–H groups in total. The van der Waals surface area contributed by atoms with E-state index in [0.29, 0.717) is 12.2 Å². The van der Waals surface area contributed by atoms with Gasteiger partial charge in [0.25, 0.3) is 15.0 Å². The molecule has 0 spiro atoms. The number of aryl methyl sites for hydroxylation is 1. The van der Waals surface area contributed by atoms with E-state index in [1.54, 1.807) is 11.9 Å². The highest BCUT2D eigenvalue weighted by Crippen LogP contribution is 2.22. The summed E-state index contributed by atoms with van der Waals surface area (Å²) in [6, 6.07) is 1.53. The summed E-state index contributed by atoms with van der Waals surface area (Å²) in [5, 5.41) is 0. The van der Waals surface area contributed by atoms with Crippen LogP contribution in [0.3, 0.4) is 0 Å². The van der Waals surface area contributed by atoms with Crippen molar-refractivity contribution < 1.29 is 13.2 Å². The molecule has 1 unspecified atom stereocenters. The van der Waals surface area contributed by atoms with Crippen molar-refractivity contribution in [3.05, 3.63) is 18.0 Å². The molecule has 0 aliphatic carbocycles. The first-order valence-corrected chi connectivity index (χ1v) is 8.53. The maximum atomic E-state index is 12.4. The molecule has 7 heteroatoms. The Hall–Kier alpha value is -1.01. The predicted octanol–water partition coefficient (Wildman–Crippen LogP) is 1.97. The van der Waals surface area contributed by atoms with Crippen LogP contribution >= 0.6 is 10.7 Å². The van der Waals surface area contributed by atoms with Crippen molar-refractivity contribution in [2.75, 3.05) is 6.54 Å². The highest BCUT2D eigenvalue weighted by molar-refractivity contribution is 8.13. The number of piperidine rings is 1. The van der Waals surface area contributed by atoms with Gasteiger partial charge < -0.3 is 9.47 Å². The molecule has 5 nitrogen and oxygen atoms in total. The van der Waals surface area contributed by atoms with Crippen molar-refractivity contribution in [1.29, 1.82) is 0 Å². The second-order valence-electron chi connectivity index (χ2n) is 4.95. The van der Waals surface area contributed by atoms with Gasteiger partial charge in [-0.2, -0.15) is 0 Å². The van der Waals surface area contributed by atoms with Gasteiger partial charge in [-0.25, -0.2) is 8.42 Å². The average molecular weight is 305 g/mol.